The van der Waals surface area contributed by atoms with E-state index in [9.17, 15) is 14.4 Å². The Morgan fingerprint density at radius 3 is 2.63 bits per heavy atom. The molecule has 0 bridgehead atoms. The predicted molar refractivity (Wildman–Crippen MR) is 128 cm³/mol. The number of carbonyl (C=O) groups is 3. The first kappa shape index (κ1) is 22.8. The highest BCUT2D eigenvalue weighted by molar-refractivity contribution is 6.00. The van der Waals surface area contributed by atoms with Crippen LogP contribution in [0.25, 0.3) is 0 Å². The summed E-state index contributed by atoms with van der Waals surface area (Å²) >= 11 is 0. The van der Waals surface area contributed by atoms with Crippen LogP contribution in [-0.4, -0.2) is 61.4 Å². The van der Waals surface area contributed by atoms with Gasteiger partial charge in [-0.3, -0.25) is 24.0 Å². The fraction of sp³-hybridized carbons (Fsp3) is 0.346. The molecule has 1 N–H and O–H groups in total. The first-order valence-corrected chi connectivity index (χ1v) is 12.0. The lowest BCUT2D eigenvalue weighted by atomic mass is 10.2. The number of aryl methyl sites for hydroxylation is 1. The van der Waals surface area contributed by atoms with Crippen LogP contribution in [0.2, 0.25) is 0 Å². The van der Waals surface area contributed by atoms with Gasteiger partial charge >= 0.3 is 0 Å². The van der Waals surface area contributed by atoms with Crippen LogP contribution >= 0.6 is 0 Å². The molecule has 2 aliphatic rings. The number of hydrogen-bond acceptors (Lipinski definition) is 5. The average molecular weight is 473 g/mol. The number of aromatic nitrogens is 3. The Hall–Kier alpha value is -4.01. The Labute approximate surface area is 203 Å². The number of rotatable bonds is 6. The van der Waals surface area contributed by atoms with Crippen molar-refractivity contribution < 1.29 is 14.4 Å². The quantitative estimate of drug-likeness (QED) is 0.593. The summed E-state index contributed by atoms with van der Waals surface area (Å²) in [6.07, 6.45) is 5.48. The van der Waals surface area contributed by atoms with Crippen LogP contribution in [0, 0.1) is 0 Å². The molecular weight excluding hydrogens is 444 g/mol. The molecule has 2 aliphatic heterocycles. The number of amides is 3. The smallest absolute Gasteiger partial charge is 0.275 e. The molecule has 0 spiro atoms. The zero-order valence-electron chi connectivity index (χ0n) is 19.5. The van der Waals surface area contributed by atoms with E-state index < -0.39 is 6.04 Å². The van der Waals surface area contributed by atoms with Crippen molar-refractivity contribution in [1.29, 1.82) is 0 Å². The number of carbonyl (C=O) groups excluding carboxylic acids is 3. The van der Waals surface area contributed by atoms with E-state index in [2.05, 4.69) is 15.4 Å². The maximum absolute atomic E-state index is 13.4. The Morgan fingerprint density at radius 2 is 1.83 bits per heavy atom. The van der Waals surface area contributed by atoms with Gasteiger partial charge in [-0.05, 0) is 36.5 Å². The van der Waals surface area contributed by atoms with Gasteiger partial charge in [-0.2, -0.15) is 5.10 Å². The SMILES string of the molecule is O=C(NCc1cccnc1)[C@@H]1CCCN1C(=O)c1cc2n(n1)CCCN(Cc1ccccc1)C2=O. The first-order valence-electron chi connectivity index (χ1n) is 12.0. The average Bonchev–Trinajstić information content (AvgIpc) is 3.52. The van der Waals surface area contributed by atoms with Crippen LogP contribution < -0.4 is 5.32 Å². The number of fused-ring (bicyclic) bond motifs is 1. The summed E-state index contributed by atoms with van der Waals surface area (Å²) in [5.74, 6) is -0.636. The molecule has 1 saturated heterocycles. The molecule has 1 atom stereocenters. The van der Waals surface area contributed by atoms with E-state index in [-0.39, 0.29) is 23.4 Å². The van der Waals surface area contributed by atoms with Crippen molar-refractivity contribution in [2.24, 2.45) is 0 Å². The number of pyridine rings is 1. The molecular formula is C26H28N6O3. The topological polar surface area (TPSA) is 100 Å². The molecule has 35 heavy (non-hydrogen) atoms. The monoisotopic (exact) mass is 472 g/mol. The van der Waals surface area contributed by atoms with Crippen molar-refractivity contribution in [3.05, 3.63) is 83.4 Å². The van der Waals surface area contributed by atoms with Crippen molar-refractivity contribution in [1.82, 2.24) is 29.9 Å². The van der Waals surface area contributed by atoms with Gasteiger partial charge in [0.05, 0.1) is 0 Å². The second kappa shape index (κ2) is 10.1. The highest BCUT2D eigenvalue weighted by atomic mass is 16.2. The molecule has 1 fully saturated rings. The van der Waals surface area contributed by atoms with E-state index in [1.165, 1.54) is 0 Å². The molecule has 0 radical (unpaired) electrons. The molecule has 9 heteroatoms. The van der Waals surface area contributed by atoms with Crippen molar-refractivity contribution in [3.63, 3.8) is 0 Å². The minimum absolute atomic E-state index is 0.134. The van der Waals surface area contributed by atoms with Gasteiger partial charge in [-0.1, -0.05) is 36.4 Å². The van der Waals surface area contributed by atoms with Crippen molar-refractivity contribution in [2.75, 3.05) is 13.1 Å². The van der Waals surface area contributed by atoms with Gasteiger partial charge in [0.25, 0.3) is 11.8 Å². The maximum Gasteiger partial charge on any atom is 0.275 e. The highest BCUT2D eigenvalue weighted by Gasteiger charge is 2.36. The normalized spacial score (nSPS) is 17.7. The number of hydrogen-bond donors (Lipinski definition) is 1. The Kier molecular flexibility index (Phi) is 6.56. The summed E-state index contributed by atoms with van der Waals surface area (Å²) in [7, 11) is 0. The Morgan fingerprint density at radius 1 is 1.00 bits per heavy atom. The Bertz CT molecular complexity index is 1210. The number of likely N-dealkylation sites (tertiary alicyclic amines) is 1. The van der Waals surface area contributed by atoms with Crippen molar-refractivity contribution in [2.45, 2.75) is 44.9 Å². The van der Waals surface area contributed by atoms with Gasteiger partial charge < -0.3 is 15.1 Å². The predicted octanol–water partition coefficient (Wildman–Crippen LogP) is 2.25. The van der Waals surface area contributed by atoms with Crippen LogP contribution in [-0.2, 0) is 24.4 Å². The number of nitrogens with zero attached hydrogens (tertiary/aromatic N) is 5. The molecule has 1 aromatic carbocycles. The zero-order chi connectivity index (χ0) is 24.2. The van der Waals surface area contributed by atoms with E-state index in [1.807, 2.05) is 42.5 Å². The van der Waals surface area contributed by atoms with Gasteiger partial charge in [-0.15, -0.1) is 0 Å². The molecule has 0 aliphatic carbocycles. The number of benzene rings is 1. The second-order valence-electron chi connectivity index (χ2n) is 8.94. The third-order valence-corrected chi connectivity index (χ3v) is 6.53. The van der Waals surface area contributed by atoms with Crippen LogP contribution in [0.5, 0.6) is 0 Å². The third kappa shape index (κ3) is 4.94. The van der Waals surface area contributed by atoms with E-state index in [0.717, 1.165) is 24.0 Å². The zero-order valence-corrected chi connectivity index (χ0v) is 19.5. The highest BCUT2D eigenvalue weighted by Crippen LogP contribution is 2.22. The summed E-state index contributed by atoms with van der Waals surface area (Å²) in [5, 5.41) is 7.38. The number of nitrogens with one attached hydrogen (secondary N) is 1. The van der Waals surface area contributed by atoms with Gasteiger partial charge in [-0.25, -0.2) is 0 Å². The van der Waals surface area contributed by atoms with Crippen LogP contribution in [0.3, 0.4) is 0 Å². The summed E-state index contributed by atoms with van der Waals surface area (Å²) in [6, 6.07) is 14.6. The molecule has 180 valence electrons. The lowest BCUT2D eigenvalue weighted by Gasteiger charge is -2.23. The van der Waals surface area contributed by atoms with Gasteiger partial charge in [0.2, 0.25) is 5.91 Å². The molecule has 2 aromatic heterocycles. The molecule has 0 unspecified atom stereocenters. The molecule has 4 heterocycles. The van der Waals surface area contributed by atoms with E-state index in [4.69, 9.17) is 0 Å². The van der Waals surface area contributed by atoms with Gasteiger partial charge in [0, 0.05) is 51.2 Å². The van der Waals surface area contributed by atoms with Gasteiger partial charge in [0.1, 0.15) is 11.7 Å². The fourth-order valence-electron chi connectivity index (χ4n) is 4.73. The van der Waals surface area contributed by atoms with Crippen molar-refractivity contribution >= 4 is 17.7 Å². The van der Waals surface area contributed by atoms with Crippen LogP contribution in [0.15, 0.2) is 60.9 Å². The summed E-state index contributed by atoms with van der Waals surface area (Å²) in [5.41, 5.74) is 2.58. The lowest BCUT2D eigenvalue weighted by molar-refractivity contribution is -0.125. The van der Waals surface area contributed by atoms with Gasteiger partial charge in [0.15, 0.2) is 5.69 Å². The third-order valence-electron chi connectivity index (χ3n) is 6.53. The van der Waals surface area contributed by atoms with Crippen LogP contribution in [0.1, 0.15) is 51.4 Å². The summed E-state index contributed by atoms with van der Waals surface area (Å²) in [4.78, 5) is 46.9. The standard InChI is InChI=1S/C26H28N6O3/c33-24(28-17-20-9-4-11-27-16-20)22-10-5-13-31(22)25(34)21-15-23-26(35)30(12-6-14-32(23)29-21)18-19-7-2-1-3-8-19/h1-4,7-9,11,15-16,22H,5-6,10,12-14,17-18H2,(H,28,33)/t22-/m0/s1. The minimum Gasteiger partial charge on any atom is -0.350 e. The molecule has 3 aromatic rings. The fourth-order valence-corrected chi connectivity index (χ4v) is 4.73. The first-order chi connectivity index (χ1) is 17.1. The summed E-state index contributed by atoms with van der Waals surface area (Å²) in [6.45, 7) is 2.55. The van der Waals surface area contributed by atoms with E-state index in [0.29, 0.717) is 44.8 Å². The second-order valence-corrected chi connectivity index (χ2v) is 8.94. The largest absolute Gasteiger partial charge is 0.350 e. The lowest BCUT2D eigenvalue weighted by Crippen LogP contribution is -2.45. The Balaban J connectivity index is 1.28. The maximum atomic E-state index is 13.4. The van der Waals surface area contributed by atoms with Crippen LogP contribution in [0.4, 0.5) is 0 Å². The molecule has 0 saturated carbocycles. The van der Waals surface area contributed by atoms with E-state index >= 15 is 0 Å². The summed E-state index contributed by atoms with van der Waals surface area (Å²) < 4.78 is 1.63. The van der Waals surface area contributed by atoms with Crippen molar-refractivity contribution in [3.8, 4) is 0 Å². The van der Waals surface area contributed by atoms with E-state index in [1.54, 1.807) is 32.9 Å². The molecule has 9 nitrogen and oxygen atoms in total. The molecule has 5 rings (SSSR count). The minimum atomic E-state index is -0.550. The molecule has 3 amide bonds.